The van der Waals surface area contributed by atoms with Gasteiger partial charge in [-0.3, -0.25) is 0 Å². The first-order valence-corrected chi connectivity index (χ1v) is 7.53. The minimum absolute atomic E-state index is 0.0721. The molecule has 0 bridgehead atoms. The summed E-state index contributed by atoms with van der Waals surface area (Å²) >= 11 is 0. The topological polar surface area (TPSA) is 36.4 Å². The van der Waals surface area contributed by atoms with Gasteiger partial charge in [-0.05, 0) is 36.8 Å². The fourth-order valence-corrected chi connectivity index (χ4v) is 2.78. The Labute approximate surface area is 116 Å². The molecule has 1 heterocycles. The highest BCUT2D eigenvalue weighted by Gasteiger charge is 2.23. The second-order valence-corrected chi connectivity index (χ2v) is 6.00. The Morgan fingerprint density at radius 3 is 2.58 bits per heavy atom. The molecular formula is C16H26N2O. The summed E-state index contributed by atoms with van der Waals surface area (Å²) in [6.45, 7) is 5.71. The van der Waals surface area contributed by atoms with Gasteiger partial charge in [-0.1, -0.05) is 32.8 Å². The van der Waals surface area contributed by atoms with E-state index in [9.17, 15) is 0 Å². The average Bonchev–Trinajstić information content (AvgIpc) is 2.93. The zero-order valence-electron chi connectivity index (χ0n) is 12.2. The van der Waals surface area contributed by atoms with Crippen molar-refractivity contribution in [3.8, 4) is 0 Å². The number of aromatic nitrogens is 1. The van der Waals surface area contributed by atoms with Gasteiger partial charge in [0.15, 0.2) is 0 Å². The van der Waals surface area contributed by atoms with Gasteiger partial charge in [0.25, 0.3) is 0 Å². The maximum atomic E-state index is 9.10. The lowest BCUT2D eigenvalue weighted by Crippen LogP contribution is -2.35. The largest absolute Gasteiger partial charge is 0.392 e. The molecule has 3 heteroatoms. The van der Waals surface area contributed by atoms with E-state index in [-0.39, 0.29) is 6.61 Å². The van der Waals surface area contributed by atoms with Crippen LogP contribution in [0.3, 0.4) is 0 Å². The second-order valence-electron chi connectivity index (χ2n) is 6.00. The zero-order valence-corrected chi connectivity index (χ0v) is 12.2. The van der Waals surface area contributed by atoms with Crippen molar-refractivity contribution in [1.29, 1.82) is 0 Å². The van der Waals surface area contributed by atoms with Crippen LogP contribution in [0.15, 0.2) is 18.3 Å². The van der Waals surface area contributed by atoms with Crippen LogP contribution in [0.2, 0.25) is 0 Å². The van der Waals surface area contributed by atoms with Gasteiger partial charge in [-0.2, -0.15) is 0 Å². The summed E-state index contributed by atoms with van der Waals surface area (Å²) in [7, 11) is 0. The van der Waals surface area contributed by atoms with E-state index in [1.165, 1.54) is 32.1 Å². The monoisotopic (exact) mass is 262 g/mol. The summed E-state index contributed by atoms with van der Waals surface area (Å²) in [5.74, 6) is 1.80. The number of pyridine rings is 1. The molecule has 0 unspecified atom stereocenters. The maximum absolute atomic E-state index is 9.10. The minimum Gasteiger partial charge on any atom is -0.392 e. The van der Waals surface area contributed by atoms with Crippen LogP contribution in [0.5, 0.6) is 0 Å². The number of anilines is 1. The van der Waals surface area contributed by atoms with Gasteiger partial charge in [0.2, 0.25) is 0 Å². The maximum Gasteiger partial charge on any atom is 0.128 e. The van der Waals surface area contributed by atoms with Crippen LogP contribution in [-0.2, 0) is 6.61 Å². The molecule has 106 valence electrons. The van der Waals surface area contributed by atoms with E-state index >= 15 is 0 Å². The predicted octanol–water partition coefficient (Wildman–Crippen LogP) is 3.37. The van der Waals surface area contributed by atoms with E-state index in [1.54, 1.807) is 6.20 Å². The van der Waals surface area contributed by atoms with E-state index in [4.69, 9.17) is 5.11 Å². The Kier molecular flexibility index (Phi) is 5.20. The van der Waals surface area contributed by atoms with Crippen molar-refractivity contribution in [2.24, 2.45) is 5.92 Å². The van der Waals surface area contributed by atoms with E-state index in [2.05, 4.69) is 29.8 Å². The summed E-state index contributed by atoms with van der Waals surface area (Å²) in [6, 6.07) is 4.70. The van der Waals surface area contributed by atoms with Crippen molar-refractivity contribution < 1.29 is 5.11 Å². The quantitative estimate of drug-likeness (QED) is 0.854. The van der Waals surface area contributed by atoms with E-state index < -0.39 is 0 Å². The highest BCUT2D eigenvalue weighted by atomic mass is 16.3. The molecule has 1 aromatic heterocycles. The number of aliphatic hydroxyl groups excluding tert-OH is 1. The van der Waals surface area contributed by atoms with Crippen LogP contribution in [0.4, 0.5) is 5.82 Å². The molecule has 0 spiro atoms. The lowest BCUT2D eigenvalue weighted by Gasteiger charge is -2.31. The van der Waals surface area contributed by atoms with Gasteiger partial charge in [0.05, 0.1) is 6.61 Å². The Morgan fingerprint density at radius 1 is 1.32 bits per heavy atom. The summed E-state index contributed by atoms with van der Waals surface area (Å²) in [5.41, 5.74) is 0.888. The van der Waals surface area contributed by atoms with Crippen LogP contribution < -0.4 is 4.90 Å². The third kappa shape index (κ3) is 3.93. The number of rotatable bonds is 6. The molecule has 0 saturated heterocycles. The summed E-state index contributed by atoms with van der Waals surface area (Å²) in [5, 5.41) is 9.10. The van der Waals surface area contributed by atoms with Gasteiger partial charge < -0.3 is 10.0 Å². The Balaban J connectivity index is 2.09. The first kappa shape index (κ1) is 14.3. The summed E-state index contributed by atoms with van der Waals surface area (Å²) < 4.78 is 0. The van der Waals surface area contributed by atoms with Gasteiger partial charge in [-0.25, -0.2) is 4.98 Å². The molecule has 0 aromatic carbocycles. The lowest BCUT2D eigenvalue weighted by molar-refractivity contribution is 0.281. The molecule has 0 radical (unpaired) electrons. The van der Waals surface area contributed by atoms with Crippen LogP contribution in [0.25, 0.3) is 0 Å². The molecule has 19 heavy (non-hydrogen) atoms. The SMILES string of the molecule is CC(C)CCN(c1ccc(CO)cn1)C1CCCC1. The van der Waals surface area contributed by atoms with Crippen LogP contribution in [0.1, 0.15) is 51.5 Å². The van der Waals surface area contributed by atoms with E-state index in [0.29, 0.717) is 6.04 Å². The van der Waals surface area contributed by atoms with Gasteiger partial charge in [0, 0.05) is 18.8 Å². The Morgan fingerprint density at radius 2 is 2.05 bits per heavy atom. The number of nitrogens with zero attached hydrogens (tertiary/aromatic N) is 2. The molecule has 1 N–H and O–H groups in total. The first-order chi connectivity index (χ1) is 9.20. The molecule has 2 rings (SSSR count). The van der Waals surface area contributed by atoms with Crippen LogP contribution in [0, 0.1) is 5.92 Å². The second kappa shape index (κ2) is 6.90. The molecule has 1 fully saturated rings. The van der Waals surface area contributed by atoms with Gasteiger partial charge in [0.1, 0.15) is 5.82 Å². The summed E-state index contributed by atoms with van der Waals surface area (Å²) in [6.07, 6.45) is 8.28. The molecule has 3 nitrogen and oxygen atoms in total. The van der Waals surface area contributed by atoms with Gasteiger partial charge in [-0.15, -0.1) is 0 Å². The van der Waals surface area contributed by atoms with E-state index in [1.807, 2.05) is 6.07 Å². The molecule has 0 aliphatic heterocycles. The smallest absolute Gasteiger partial charge is 0.128 e. The highest BCUT2D eigenvalue weighted by Crippen LogP contribution is 2.27. The Bertz CT molecular complexity index is 369. The third-order valence-electron chi connectivity index (χ3n) is 4.00. The Hall–Kier alpha value is -1.09. The third-order valence-corrected chi connectivity index (χ3v) is 4.00. The predicted molar refractivity (Wildman–Crippen MR) is 79.2 cm³/mol. The highest BCUT2D eigenvalue weighted by molar-refractivity contribution is 5.40. The standard InChI is InChI=1S/C16H26N2O/c1-13(2)9-10-18(15-5-3-4-6-15)16-8-7-14(12-19)11-17-16/h7-8,11,13,15,19H,3-6,9-10,12H2,1-2H3. The van der Waals surface area contributed by atoms with Crippen LogP contribution >= 0.6 is 0 Å². The molecule has 0 atom stereocenters. The molecule has 1 aromatic rings. The molecule has 0 amide bonds. The van der Waals surface area contributed by atoms with Crippen molar-refractivity contribution in [3.05, 3.63) is 23.9 Å². The van der Waals surface area contributed by atoms with Crippen LogP contribution in [-0.4, -0.2) is 22.7 Å². The normalized spacial score (nSPS) is 16.2. The lowest BCUT2D eigenvalue weighted by atomic mass is 10.1. The average molecular weight is 262 g/mol. The fraction of sp³-hybridized carbons (Fsp3) is 0.688. The molecule has 1 aliphatic carbocycles. The molecular weight excluding hydrogens is 236 g/mol. The first-order valence-electron chi connectivity index (χ1n) is 7.53. The minimum atomic E-state index is 0.0721. The number of aliphatic hydroxyl groups is 1. The molecule has 1 saturated carbocycles. The molecule has 1 aliphatic rings. The number of hydrogen-bond donors (Lipinski definition) is 1. The fourth-order valence-electron chi connectivity index (χ4n) is 2.78. The van der Waals surface area contributed by atoms with Crippen molar-refractivity contribution in [2.45, 2.75) is 58.6 Å². The zero-order chi connectivity index (χ0) is 13.7. The van der Waals surface area contributed by atoms with Crippen molar-refractivity contribution >= 4 is 5.82 Å². The van der Waals surface area contributed by atoms with E-state index in [0.717, 1.165) is 23.8 Å². The van der Waals surface area contributed by atoms with Crippen molar-refractivity contribution in [1.82, 2.24) is 4.98 Å². The van der Waals surface area contributed by atoms with Crippen molar-refractivity contribution in [3.63, 3.8) is 0 Å². The van der Waals surface area contributed by atoms with Gasteiger partial charge >= 0.3 is 0 Å². The van der Waals surface area contributed by atoms with Crippen molar-refractivity contribution in [2.75, 3.05) is 11.4 Å². The number of hydrogen-bond acceptors (Lipinski definition) is 3. The summed E-state index contributed by atoms with van der Waals surface area (Å²) in [4.78, 5) is 7.02.